The topological polar surface area (TPSA) is 29.5 Å². The van der Waals surface area contributed by atoms with Crippen molar-refractivity contribution in [3.63, 3.8) is 0 Å². The molecule has 0 aromatic rings. The standard InChI is InChI=1S/C15H32O2/c1-3-5-7-11-15(10-6-4-2)14-17-13-9-8-12-16/h15-16H,3-14H2,1-2H3. The molecule has 0 saturated carbocycles. The summed E-state index contributed by atoms with van der Waals surface area (Å²) in [6.07, 6.45) is 11.1. The lowest BCUT2D eigenvalue weighted by molar-refractivity contribution is 0.0855. The zero-order chi connectivity index (χ0) is 12.8. The molecule has 2 heteroatoms. The molecule has 1 unspecified atom stereocenters. The maximum Gasteiger partial charge on any atom is 0.0494 e. The van der Waals surface area contributed by atoms with Crippen LogP contribution >= 0.6 is 0 Å². The van der Waals surface area contributed by atoms with Crippen molar-refractivity contribution in [1.82, 2.24) is 0 Å². The maximum atomic E-state index is 8.68. The van der Waals surface area contributed by atoms with Crippen molar-refractivity contribution in [2.24, 2.45) is 5.92 Å². The minimum absolute atomic E-state index is 0.291. The van der Waals surface area contributed by atoms with Crippen molar-refractivity contribution in [1.29, 1.82) is 0 Å². The van der Waals surface area contributed by atoms with Crippen molar-refractivity contribution >= 4 is 0 Å². The first kappa shape index (κ1) is 16.9. The molecule has 17 heavy (non-hydrogen) atoms. The molecule has 0 aliphatic rings. The molecule has 1 N–H and O–H groups in total. The molecule has 0 rings (SSSR count). The molecule has 1 atom stereocenters. The smallest absolute Gasteiger partial charge is 0.0494 e. The zero-order valence-corrected chi connectivity index (χ0v) is 11.9. The Labute approximate surface area is 108 Å². The van der Waals surface area contributed by atoms with Gasteiger partial charge in [-0.05, 0) is 31.6 Å². The molecule has 0 saturated heterocycles. The summed E-state index contributed by atoms with van der Waals surface area (Å²) in [5, 5.41) is 8.68. The number of aliphatic hydroxyl groups excluding tert-OH is 1. The average molecular weight is 244 g/mol. The second-order valence-electron chi connectivity index (χ2n) is 5.01. The van der Waals surface area contributed by atoms with Crippen LogP contribution in [-0.4, -0.2) is 24.9 Å². The maximum absolute atomic E-state index is 8.68. The van der Waals surface area contributed by atoms with Gasteiger partial charge in [0.1, 0.15) is 0 Å². The molecule has 0 aliphatic carbocycles. The lowest BCUT2D eigenvalue weighted by Gasteiger charge is -2.16. The van der Waals surface area contributed by atoms with E-state index in [0.717, 1.165) is 32.0 Å². The molecule has 0 heterocycles. The Morgan fingerprint density at radius 2 is 1.59 bits per heavy atom. The molecule has 2 nitrogen and oxygen atoms in total. The van der Waals surface area contributed by atoms with Crippen LogP contribution in [-0.2, 0) is 4.74 Å². The first-order chi connectivity index (χ1) is 8.35. The summed E-state index contributed by atoms with van der Waals surface area (Å²) >= 11 is 0. The highest BCUT2D eigenvalue weighted by Crippen LogP contribution is 2.17. The van der Waals surface area contributed by atoms with Crippen LogP contribution in [0.3, 0.4) is 0 Å². The van der Waals surface area contributed by atoms with Crippen molar-refractivity contribution in [3.8, 4) is 0 Å². The van der Waals surface area contributed by atoms with Gasteiger partial charge < -0.3 is 9.84 Å². The van der Waals surface area contributed by atoms with E-state index in [-0.39, 0.29) is 0 Å². The third-order valence-electron chi connectivity index (χ3n) is 3.23. The van der Waals surface area contributed by atoms with Gasteiger partial charge in [0.15, 0.2) is 0 Å². The summed E-state index contributed by atoms with van der Waals surface area (Å²) in [7, 11) is 0. The zero-order valence-electron chi connectivity index (χ0n) is 11.9. The van der Waals surface area contributed by atoms with E-state index in [1.807, 2.05) is 0 Å². The van der Waals surface area contributed by atoms with E-state index in [1.165, 1.54) is 44.9 Å². The largest absolute Gasteiger partial charge is 0.396 e. The van der Waals surface area contributed by atoms with E-state index in [2.05, 4.69) is 13.8 Å². The molecule has 0 bridgehead atoms. The van der Waals surface area contributed by atoms with Crippen LogP contribution in [0.1, 0.15) is 71.6 Å². The normalized spacial score (nSPS) is 12.9. The second kappa shape index (κ2) is 14.0. The van der Waals surface area contributed by atoms with E-state index in [0.29, 0.717) is 6.61 Å². The molecule has 0 amide bonds. The molecule has 0 aromatic heterocycles. The summed E-state index contributed by atoms with van der Waals surface area (Å²) in [6, 6.07) is 0. The Hall–Kier alpha value is -0.0800. The van der Waals surface area contributed by atoms with Gasteiger partial charge in [-0.1, -0.05) is 46.0 Å². The molecular formula is C15H32O2. The van der Waals surface area contributed by atoms with Crippen molar-refractivity contribution < 1.29 is 9.84 Å². The molecule has 0 radical (unpaired) electrons. The minimum atomic E-state index is 0.291. The van der Waals surface area contributed by atoms with Crippen molar-refractivity contribution in [2.75, 3.05) is 19.8 Å². The van der Waals surface area contributed by atoms with Crippen molar-refractivity contribution in [3.05, 3.63) is 0 Å². The Morgan fingerprint density at radius 3 is 2.24 bits per heavy atom. The molecule has 0 aliphatic heterocycles. The average Bonchev–Trinajstić information content (AvgIpc) is 2.35. The van der Waals surface area contributed by atoms with E-state index in [4.69, 9.17) is 9.84 Å². The Bertz CT molecular complexity index is 137. The monoisotopic (exact) mass is 244 g/mol. The summed E-state index contributed by atoms with van der Waals surface area (Å²) in [4.78, 5) is 0. The van der Waals surface area contributed by atoms with Gasteiger partial charge in [-0.15, -0.1) is 0 Å². The number of hydrogen-bond acceptors (Lipinski definition) is 2. The molecule has 0 spiro atoms. The lowest BCUT2D eigenvalue weighted by Crippen LogP contribution is -2.11. The first-order valence-corrected chi connectivity index (χ1v) is 7.53. The second-order valence-corrected chi connectivity index (χ2v) is 5.01. The van der Waals surface area contributed by atoms with Crippen LogP contribution in [0, 0.1) is 5.92 Å². The van der Waals surface area contributed by atoms with E-state index in [9.17, 15) is 0 Å². The Balaban J connectivity index is 3.53. The fraction of sp³-hybridized carbons (Fsp3) is 1.00. The predicted octanol–water partition coefficient (Wildman–Crippen LogP) is 4.16. The van der Waals surface area contributed by atoms with Crippen LogP contribution in [0.15, 0.2) is 0 Å². The van der Waals surface area contributed by atoms with Gasteiger partial charge in [-0.3, -0.25) is 0 Å². The van der Waals surface area contributed by atoms with Gasteiger partial charge in [0.25, 0.3) is 0 Å². The number of ether oxygens (including phenoxy) is 1. The molecular weight excluding hydrogens is 212 g/mol. The van der Waals surface area contributed by atoms with Crippen LogP contribution in [0.25, 0.3) is 0 Å². The number of unbranched alkanes of at least 4 members (excludes halogenated alkanes) is 4. The minimum Gasteiger partial charge on any atom is -0.396 e. The summed E-state index contributed by atoms with van der Waals surface area (Å²) < 4.78 is 5.71. The van der Waals surface area contributed by atoms with Crippen LogP contribution in [0.5, 0.6) is 0 Å². The molecule has 0 aromatic carbocycles. The summed E-state index contributed by atoms with van der Waals surface area (Å²) in [5.41, 5.74) is 0. The molecule has 0 fully saturated rings. The van der Waals surface area contributed by atoms with Crippen molar-refractivity contribution in [2.45, 2.75) is 71.6 Å². The fourth-order valence-corrected chi connectivity index (χ4v) is 2.05. The summed E-state index contributed by atoms with van der Waals surface area (Å²) in [6.45, 7) is 6.54. The first-order valence-electron chi connectivity index (χ1n) is 7.53. The number of aliphatic hydroxyl groups is 1. The third kappa shape index (κ3) is 12.2. The Kier molecular flexibility index (Phi) is 13.9. The third-order valence-corrected chi connectivity index (χ3v) is 3.23. The number of hydrogen-bond donors (Lipinski definition) is 1. The van der Waals surface area contributed by atoms with E-state index in [1.54, 1.807) is 0 Å². The highest BCUT2D eigenvalue weighted by Gasteiger charge is 2.08. The highest BCUT2D eigenvalue weighted by molar-refractivity contribution is 4.59. The van der Waals surface area contributed by atoms with Gasteiger partial charge in [0, 0.05) is 19.8 Å². The van der Waals surface area contributed by atoms with Gasteiger partial charge in [0.2, 0.25) is 0 Å². The fourth-order valence-electron chi connectivity index (χ4n) is 2.05. The Morgan fingerprint density at radius 1 is 0.882 bits per heavy atom. The quantitative estimate of drug-likeness (QED) is 0.493. The van der Waals surface area contributed by atoms with Crippen LogP contribution < -0.4 is 0 Å². The number of rotatable bonds is 13. The van der Waals surface area contributed by atoms with Gasteiger partial charge >= 0.3 is 0 Å². The van der Waals surface area contributed by atoms with Gasteiger partial charge in [0.05, 0.1) is 0 Å². The lowest BCUT2D eigenvalue weighted by atomic mass is 9.96. The highest BCUT2D eigenvalue weighted by atomic mass is 16.5. The summed E-state index contributed by atoms with van der Waals surface area (Å²) in [5.74, 6) is 0.760. The van der Waals surface area contributed by atoms with Crippen LogP contribution in [0.4, 0.5) is 0 Å². The molecule has 104 valence electrons. The predicted molar refractivity (Wildman–Crippen MR) is 74.3 cm³/mol. The SMILES string of the molecule is CCCCCC(CCCC)COCCCCO. The van der Waals surface area contributed by atoms with Gasteiger partial charge in [-0.25, -0.2) is 0 Å². The van der Waals surface area contributed by atoms with E-state index >= 15 is 0 Å². The van der Waals surface area contributed by atoms with Gasteiger partial charge in [-0.2, -0.15) is 0 Å². The van der Waals surface area contributed by atoms with E-state index < -0.39 is 0 Å². The van der Waals surface area contributed by atoms with Crippen LogP contribution in [0.2, 0.25) is 0 Å².